The van der Waals surface area contributed by atoms with Gasteiger partial charge in [-0.2, -0.15) is 0 Å². The van der Waals surface area contributed by atoms with Crippen molar-refractivity contribution in [3.05, 3.63) is 32.7 Å². The van der Waals surface area contributed by atoms with E-state index in [2.05, 4.69) is 9.97 Å². The molecule has 2 aromatic rings. The van der Waals surface area contributed by atoms with Crippen molar-refractivity contribution < 1.29 is 4.39 Å². The van der Waals surface area contributed by atoms with Gasteiger partial charge in [0.25, 0.3) is 5.56 Å². The Morgan fingerprint density at radius 3 is 2.75 bits per heavy atom. The number of anilines is 1. The van der Waals surface area contributed by atoms with Crippen molar-refractivity contribution >= 4 is 16.9 Å². The van der Waals surface area contributed by atoms with Gasteiger partial charge in [-0.15, -0.1) is 0 Å². The first-order valence-electron chi connectivity index (χ1n) is 8.31. The van der Waals surface area contributed by atoms with Crippen LogP contribution in [0.2, 0.25) is 0 Å². The smallest absolute Gasteiger partial charge is 0.330 e. The number of halogens is 1. The summed E-state index contributed by atoms with van der Waals surface area (Å²) < 4.78 is 16.0. The molecule has 2 aromatic heterocycles. The van der Waals surface area contributed by atoms with E-state index in [9.17, 15) is 14.0 Å². The van der Waals surface area contributed by atoms with Crippen molar-refractivity contribution in [1.29, 1.82) is 0 Å². The van der Waals surface area contributed by atoms with Gasteiger partial charge >= 0.3 is 5.69 Å². The van der Waals surface area contributed by atoms with Gasteiger partial charge in [0.15, 0.2) is 17.3 Å². The third kappa shape index (κ3) is 2.41. The largest absolute Gasteiger partial charge is 0.354 e. The van der Waals surface area contributed by atoms with Crippen LogP contribution in [0.25, 0.3) is 11.0 Å². The van der Waals surface area contributed by atoms with Crippen LogP contribution in [0.3, 0.4) is 0 Å². The highest BCUT2D eigenvalue weighted by Gasteiger charge is 2.31. The van der Waals surface area contributed by atoms with Crippen molar-refractivity contribution in [3.8, 4) is 0 Å². The number of H-pyrrole nitrogens is 1. The molecule has 2 aliphatic rings. The van der Waals surface area contributed by atoms with Gasteiger partial charge in [0.05, 0.1) is 5.39 Å². The highest BCUT2D eigenvalue weighted by Crippen LogP contribution is 2.35. The number of aromatic nitrogens is 3. The standard InChI is InChI=1S/C16H20FN5O2/c1-8(18)9-4-5-21(7-9)14-12(17)6-11-13(19-14)22(10-2-3-10)16(24)20-15(11)23/h6,8-10H,2-5,7,18H2,1H3,(H,20,23,24)/t8-,9?/m0/s1. The third-order valence-corrected chi connectivity index (χ3v) is 5.03. The number of hydrogen-bond acceptors (Lipinski definition) is 5. The quantitative estimate of drug-likeness (QED) is 0.863. The molecule has 7 nitrogen and oxygen atoms in total. The molecule has 128 valence electrons. The van der Waals surface area contributed by atoms with Gasteiger partial charge in [0.2, 0.25) is 0 Å². The van der Waals surface area contributed by atoms with Crippen LogP contribution in [-0.2, 0) is 0 Å². The van der Waals surface area contributed by atoms with Crippen LogP contribution in [0.4, 0.5) is 10.2 Å². The Labute approximate surface area is 137 Å². The molecule has 0 spiro atoms. The van der Waals surface area contributed by atoms with Crippen LogP contribution in [0.5, 0.6) is 0 Å². The Balaban J connectivity index is 1.86. The Morgan fingerprint density at radius 1 is 1.38 bits per heavy atom. The molecule has 0 aromatic carbocycles. The molecule has 1 aliphatic heterocycles. The summed E-state index contributed by atoms with van der Waals surface area (Å²) in [6, 6.07) is 1.26. The summed E-state index contributed by atoms with van der Waals surface area (Å²) in [6.07, 6.45) is 2.61. The van der Waals surface area contributed by atoms with E-state index in [4.69, 9.17) is 5.73 Å². The lowest BCUT2D eigenvalue weighted by molar-refractivity contribution is 0.487. The normalized spacial score (nSPS) is 22.3. The van der Waals surface area contributed by atoms with Crippen LogP contribution in [0.1, 0.15) is 32.2 Å². The second kappa shape index (κ2) is 5.41. The summed E-state index contributed by atoms with van der Waals surface area (Å²) in [5.74, 6) is -0.0592. The number of aromatic amines is 1. The first-order chi connectivity index (χ1) is 11.5. The number of rotatable bonds is 3. The van der Waals surface area contributed by atoms with Crippen LogP contribution < -0.4 is 21.9 Å². The predicted octanol–water partition coefficient (Wildman–Crippen LogP) is 0.732. The Morgan fingerprint density at radius 2 is 2.12 bits per heavy atom. The molecule has 1 saturated heterocycles. The summed E-state index contributed by atoms with van der Waals surface area (Å²) in [6.45, 7) is 3.24. The van der Waals surface area contributed by atoms with Gasteiger partial charge < -0.3 is 10.6 Å². The molecular weight excluding hydrogens is 313 g/mol. The van der Waals surface area contributed by atoms with Gasteiger partial charge in [0, 0.05) is 25.2 Å². The fourth-order valence-corrected chi connectivity index (χ4v) is 3.44. The van der Waals surface area contributed by atoms with E-state index in [-0.39, 0.29) is 34.9 Å². The third-order valence-electron chi connectivity index (χ3n) is 5.03. The van der Waals surface area contributed by atoms with Crippen LogP contribution in [-0.4, -0.2) is 33.7 Å². The van der Waals surface area contributed by atoms with Gasteiger partial charge in [-0.25, -0.2) is 14.2 Å². The topological polar surface area (TPSA) is 97.0 Å². The lowest BCUT2D eigenvalue weighted by atomic mass is 10.0. The molecule has 4 rings (SSSR count). The Hall–Kier alpha value is -2.22. The van der Waals surface area contributed by atoms with Crippen molar-refractivity contribution in [2.24, 2.45) is 11.7 Å². The minimum absolute atomic E-state index is 0.0333. The molecule has 2 atom stereocenters. The minimum Gasteiger partial charge on any atom is -0.354 e. The SMILES string of the molecule is C[C@H](N)C1CCN(c2nc3c(cc2F)c(=O)[nH]c(=O)n3C2CC2)C1. The minimum atomic E-state index is -0.597. The van der Waals surface area contributed by atoms with Crippen molar-refractivity contribution in [3.63, 3.8) is 0 Å². The van der Waals surface area contributed by atoms with Crippen LogP contribution >= 0.6 is 0 Å². The van der Waals surface area contributed by atoms with E-state index < -0.39 is 17.1 Å². The molecule has 1 aliphatic carbocycles. The average Bonchev–Trinajstić information content (AvgIpc) is 3.22. The monoisotopic (exact) mass is 333 g/mol. The van der Waals surface area contributed by atoms with Crippen LogP contribution in [0, 0.1) is 11.7 Å². The number of nitrogens with zero attached hydrogens (tertiary/aromatic N) is 3. The van der Waals surface area contributed by atoms with E-state index in [1.807, 2.05) is 11.8 Å². The highest BCUT2D eigenvalue weighted by atomic mass is 19.1. The van der Waals surface area contributed by atoms with E-state index in [1.165, 1.54) is 10.6 Å². The van der Waals surface area contributed by atoms with Crippen molar-refractivity contribution in [1.82, 2.24) is 14.5 Å². The summed E-state index contributed by atoms with van der Waals surface area (Å²) in [7, 11) is 0. The number of nitrogens with two attached hydrogens (primary N) is 1. The zero-order valence-electron chi connectivity index (χ0n) is 13.5. The molecule has 8 heteroatoms. The zero-order valence-corrected chi connectivity index (χ0v) is 13.5. The number of hydrogen-bond donors (Lipinski definition) is 2. The Kier molecular flexibility index (Phi) is 3.45. The van der Waals surface area contributed by atoms with E-state index in [1.54, 1.807) is 0 Å². The number of pyridine rings is 1. The molecule has 0 amide bonds. The Bertz CT molecular complexity index is 915. The van der Waals surface area contributed by atoms with Gasteiger partial charge in [-0.1, -0.05) is 0 Å². The summed E-state index contributed by atoms with van der Waals surface area (Å²) in [4.78, 5) is 32.6. The van der Waals surface area contributed by atoms with E-state index >= 15 is 0 Å². The zero-order chi connectivity index (χ0) is 17.0. The molecule has 0 bridgehead atoms. The molecule has 24 heavy (non-hydrogen) atoms. The molecule has 3 N–H and O–H groups in total. The molecule has 3 heterocycles. The summed E-state index contributed by atoms with van der Waals surface area (Å²) >= 11 is 0. The second-order valence-electron chi connectivity index (χ2n) is 6.88. The van der Waals surface area contributed by atoms with Crippen molar-refractivity contribution in [2.45, 2.75) is 38.3 Å². The van der Waals surface area contributed by atoms with E-state index in [0.29, 0.717) is 13.1 Å². The highest BCUT2D eigenvalue weighted by molar-refractivity contribution is 5.76. The van der Waals surface area contributed by atoms with Crippen molar-refractivity contribution in [2.75, 3.05) is 18.0 Å². The number of fused-ring (bicyclic) bond motifs is 1. The summed E-state index contributed by atoms with van der Waals surface area (Å²) in [5.41, 5.74) is 5.14. The lowest BCUT2D eigenvalue weighted by Gasteiger charge is -2.20. The van der Waals surface area contributed by atoms with Gasteiger partial charge in [-0.3, -0.25) is 14.3 Å². The average molecular weight is 333 g/mol. The predicted molar refractivity (Wildman–Crippen MR) is 88.8 cm³/mol. The molecular formula is C16H20FN5O2. The maximum absolute atomic E-state index is 14.6. The molecule has 1 saturated carbocycles. The van der Waals surface area contributed by atoms with Gasteiger partial charge in [0.1, 0.15) is 0 Å². The second-order valence-corrected chi connectivity index (χ2v) is 6.88. The first kappa shape index (κ1) is 15.3. The van der Waals surface area contributed by atoms with Gasteiger partial charge in [-0.05, 0) is 38.2 Å². The molecule has 1 unspecified atom stereocenters. The molecule has 0 radical (unpaired) electrons. The fraction of sp³-hybridized carbons (Fsp3) is 0.562. The lowest BCUT2D eigenvalue weighted by Crippen LogP contribution is -2.32. The first-order valence-corrected chi connectivity index (χ1v) is 8.31. The maximum atomic E-state index is 14.6. The fourth-order valence-electron chi connectivity index (χ4n) is 3.44. The summed E-state index contributed by atoms with van der Waals surface area (Å²) in [5, 5.41) is 0.116. The molecule has 2 fully saturated rings. The van der Waals surface area contributed by atoms with E-state index in [0.717, 1.165) is 19.3 Å². The van der Waals surface area contributed by atoms with Crippen LogP contribution in [0.15, 0.2) is 15.7 Å². The number of nitrogens with one attached hydrogen (secondary N) is 1. The maximum Gasteiger partial charge on any atom is 0.330 e.